The Bertz CT molecular complexity index is 1590. The Kier molecular flexibility index (Phi) is 8.64. The Morgan fingerprint density at radius 1 is 1.10 bits per heavy atom. The lowest BCUT2D eigenvalue weighted by molar-refractivity contribution is -0.137. The summed E-state index contributed by atoms with van der Waals surface area (Å²) in [4.78, 5) is 40.4. The van der Waals surface area contributed by atoms with E-state index in [4.69, 9.17) is 16.5 Å². The van der Waals surface area contributed by atoms with E-state index >= 15 is 0 Å². The van der Waals surface area contributed by atoms with Crippen LogP contribution in [0.5, 0.6) is 0 Å². The number of rotatable bonds is 8. The quantitative estimate of drug-likeness (QED) is 0.253. The number of nitrogens with two attached hydrogens (primary N) is 2. The molecule has 4 aromatic rings. The number of nitrogens with zero attached hydrogens (tertiary/aromatic N) is 5. The molecule has 1 saturated heterocycles. The topological polar surface area (TPSA) is 145 Å². The molecule has 0 radical (unpaired) electrons. The van der Waals surface area contributed by atoms with Gasteiger partial charge in [-0.05, 0) is 43.7 Å². The highest BCUT2D eigenvalue weighted by Crippen LogP contribution is 2.37. The molecular weight excluding hydrogens is 569 g/mol. The zero-order chi connectivity index (χ0) is 29.9. The van der Waals surface area contributed by atoms with Gasteiger partial charge in [0.05, 0.1) is 10.8 Å². The van der Waals surface area contributed by atoms with Gasteiger partial charge in [0.25, 0.3) is 5.91 Å². The lowest BCUT2D eigenvalue weighted by Gasteiger charge is -2.32. The molecule has 4 heterocycles. The summed E-state index contributed by atoms with van der Waals surface area (Å²) in [5, 5.41) is 2.31. The second-order valence-corrected chi connectivity index (χ2v) is 11.1. The van der Waals surface area contributed by atoms with Crippen LogP contribution in [0.2, 0.25) is 0 Å². The number of fused-ring (bicyclic) bond motifs is 1. The van der Waals surface area contributed by atoms with Crippen LogP contribution >= 0.6 is 11.8 Å². The molecule has 10 nitrogen and oxygen atoms in total. The third kappa shape index (κ3) is 6.34. The first kappa shape index (κ1) is 29.3. The summed E-state index contributed by atoms with van der Waals surface area (Å²) in [5.41, 5.74) is 13.0. The molecule has 0 aliphatic carbocycles. The molecular formula is C28H29F3N8O2S. The number of hydrogen-bond donors (Lipinski definition) is 3. The maximum absolute atomic E-state index is 13.0. The van der Waals surface area contributed by atoms with E-state index in [-0.39, 0.29) is 28.4 Å². The van der Waals surface area contributed by atoms with Crippen LogP contribution in [0.4, 0.5) is 24.8 Å². The predicted octanol–water partition coefficient (Wildman–Crippen LogP) is 4.39. The average Bonchev–Trinajstić information content (AvgIpc) is 3.38. The van der Waals surface area contributed by atoms with Crippen molar-refractivity contribution in [1.29, 1.82) is 0 Å². The normalized spacial score (nSPS) is 15.6. The lowest BCUT2D eigenvalue weighted by atomic mass is 10.1. The van der Waals surface area contributed by atoms with Crippen LogP contribution in [0.25, 0.3) is 16.8 Å². The van der Waals surface area contributed by atoms with E-state index < -0.39 is 17.6 Å². The number of alkyl halides is 3. The van der Waals surface area contributed by atoms with Crippen LogP contribution in [0.3, 0.4) is 0 Å². The fourth-order valence-electron chi connectivity index (χ4n) is 4.77. The van der Waals surface area contributed by atoms with Crippen molar-refractivity contribution in [2.75, 3.05) is 36.4 Å². The zero-order valence-corrected chi connectivity index (χ0v) is 23.3. The number of imidazole rings is 1. The second kappa shape index (κ2) is 12.4. The van der Waals surface area contributed by atoms with Gasteiger partial charge >= 0.3 is 6.18 Å². The van der Waals surface area contributed by atoms with E-state index in [9.17, 15) is 22.8 Å². The van der Waals surface area contributed by atoms with Crippen molar-refractivity contribution >= 4 is 40.7 Å². The van der Waals surface area contributed by atoms with Crippen LogP contribution in [-0.2, 0) is 11.0 Å². The largest absolute Gasteiger partial charge is 0.416 e. The minimum absolute atomic E-state index is 0.0923. The molecule has 0 saturated carbocycles. The molecule has 0 bridgehead atoms. The summed E-state index contributed by atoms with van der Waals surface area (Å²) >= 11 is 1.72. The van der Waals surface area contributed by atoms with E-state index in [0.29, 0.717) is 42.8 Å². The van der Waals surface area contributed by atoms with Crippen LogP contribution in [0, 0.1) is 0 Å². The zero-order valence-electron chi connectivity index (χ0n) is 22.5. The number of hydrogen-bond acceptors (Lipinski definition) is 8. The molecule has 1 aromatic carbocycles. The number of thioether (sulfide) groups is 1. The minimum atomic E-state index is -4.55. The Morgan fingerprint density at radius 3 is 2.62 bits per heavy atom. The monoisotopic (exact) mass is 598 g/mol. The highest BCUT2D eigenvalue weighted by molar-refractivity contribution is 7.99. The number of nitrogens with one attached hydrogen (secondary N) is 1. The average molecular weight is 599 g/mol. The molecule has 42 heavy (non-hydrogen) atoms. The van der Waals surface area contributed by atoms with Gasteiger partial charge in [-0.2, -0.15) is 13.2 Å². The summed E-state index contributed by atoms with van der Waals surface area (Å²) in [7, 11) is 0. The molecule has 0 spiro atoms. The van der Waals surface area contributed by atoms with Gasteiger partial charge in [-0.25, -0.2) is 15.0 Å². The predicted molar refractivity (Wildman–Crippen MR) is 155 cm³/mol. The molecule has 1 aliphatic rings. The summed E-state index contributed by atoms with van der Waals surface area (Å²) < 4.78 is 41.0. The van der Waals surface area contributed by atoms with Gasteiger partial charge in [-0.15, -0.1) is 11.8 Å². The van der Waals surface area contributed by atoms with Crippen molar-refractivity contribution in [3.63, 3.8) is 0 Å². The first-order valence-electron chi connectivity index (χ1n) is 13.3. The third-order valence-corrected chi connectivity index (χ3v) is 8.09. The summed E-state index contributed by atoms with van der Waals surface area (Å²) in [5.74, 6) is 1.06. The van der Waals surface area contributed by atoms with E-state index in [1.54, 1.807) is 48.4 Å². The number of benzene rings is 1. The highest BCUT2D eigenvalue weighted by Gasteiger charge is 2.31. The molecule has 3 aromatic heterocycles. The van der Waals surface area contributed by atoms with Gasteiger partial charge in [0.15, 0.2) is 0 Å². The highest BCUT2D eigenvalue weighted by atomic mass is 32.2. The number of anilines is 2. The maximum Gasteiger partial charge on any atom is 0.416 e. The molecule has 5 rings (SSSR count). The van der Waals surface area contributed by atoms with Crippen molar-refractivity contribution < 1.29 is 22.8 Å². The van der Waals surface area contributed by atoms with E-state index in [1.807, 2.05) is 9.30 Å². The van der Waals surface area contributed by atoms with Crippen molar-refractivity contribution in [3.05, 3.63) is 71.9 Å². The number of unbranched alkanes of at least 4 members (excludes halogenated alkanes) is 1. The smallest absolute Gasteiger partial charge is 0.382 e. The summed E-state index contributed by atoms with van der Waals surface area (Å²) in [6.45, 7) is 1.74. The molecule has 1 fully saturated rings. The summed E-state index contributed by atoms with van der Waals surface area (Å²) in [6.07, 6.45) is 1.83. The standard InChI is InChI=1S/C28H29F3N8O2S/c29-28(30,31)19-8-10-34-21(15-19)36-27(41)18-6-4-17(5-7-18)23-24-25(33)35-11-12-39(24)26(37-23)20-16-38(13-14-42-20)22(40)3-1-2-9-32/h4-8,10-12,15,20H,1-3,9,13-14,16,32H2,(H2,33,35)(H,34,36,41). The van der Waals surface area contributed by atoms with Crippen molar-refractivity contribution in [2.45, 2.75) is 30.7 Å². The lowest BCUT2D eigenvalue weighted by Crippen LogP contribution is -2.39. The van der Waals surface area contributed by atoms with E-state index in [1.165, 1.54) is 0 Å². The van der Waals surface area contributed by atoms with Crippen molar-refractivity contribution in [1.82, 2.24) is 24.3 Å². The maximum atomic E-state index is 13.0. The van der Waals surface area contributed by atoms with Crippen molar-refractivity contribution in [3.8, 4) is 11.3 Å². The fourth-order valence-corrected chi connectivity index (χ4v) is 5.98. The first-order valence-corrected chi connectivity index (χ1v) is 14.4. The SMILES string of the molecule is NCCCCC(=O)N1CCSC(c2nc(-c3ccc(C(=O)Nc4cc(C(F)(F)F)ccn4)cc3)c3c(N)nccn23)C1. The number of carbonyl (C=O) groups is 2. The Hall–Kier alpha value is -4.17. The van der Waals surface area contributed by atoms with E-state index in [2.05, 4.69) is 15.3 Å². The Balaban J connectivity index is 1.38. The first-order chi connectivity index (χ1) is 20.2. The van der Waals surface area contributed by atoms with Gasteiger partial charge in [0.1, 0.15) is 28.7 Å². The van der Waals surface area contributed by atoms with Crippen LogP contribution < -0.4 is 16.8 Å². The fraction of sp³-hybridized carbons (Fsp3) is 0.321. The number of aromatic nitrogens is 4. The van der Waals surface area contributed by atoms with Gasteiger partial charge < -0.3 is 21.7 Å². The van der Waals surface area contributed by atoms with Gasteiger partial charge in [0, 0.05) is 55.0 Å². The molecule has 2 amide bonds. The third-order valence-electron chi connectivity index (χ3n) is 6.91. The second-order valence-electron chi connectivity index (χ2n) is 9.75. The van der Waals surface area contributed by atoms with E-state index in [0.717, 1.165) is 42.7 Å². The number of amides is 2. The molecule has 5 N–H and O–H groups in total. The van der Waals surface area contributed by atoms with Crippen LogP contribution in [-0.4, -0.2) is 61.5 Å². The van der Waals surface area contributed by atoms with Gasteiger partial charge in [-0.3, -0.25) is 14.0 Å². The van der Waals surface area contributed by atoms with Gasteiger partial charge in [0.2, 0.25) is 5.91 Å². The molecule has 1 unspecified atom stereocenters. The summed E-state index contributed by atoms with van der Waals surface area (Å²) in [6, 6.07) is 8.08. The minimum Gasteiger partial charge on any atom is -0.382 e. The number of halogens is 3. The number of carbonyl (C=O) groups excluding carboxylic acids is 2. The molecule has 1 atom stereocenters. The Labute approximate surface area is 243 Å². The molecule has 1 aliphatic heterocycles. The molecule has 14 heteroatoms. The van der Waals surface area contributed by atoms with Crippen molar-refractivity contribution in [2.24, 2.45) is 5.73 Å². The van der Waals surface area contributed by atoms with Crippen LogP contribution in [0.1, 0.15) is 46.3 Å². The number of nitrogen functional groups attached to an aromatic ring is 1. The Morgan fingerprint density at radius 2 is 1.88 bits per heavy atom. The number of pyridine rings is 1. The van der Waals surface area contributed by atoms with Crippen LogP contribution in [0.15, 0.2) is 55.0 Å². The molecule has 220 valence electrons. The van der Waals surface area contributed by atoms with Gasteiger partial charge in [-0.1, -0.05) is 12.1 Å².